The van der Waals surface area contributed by atoms with Crippen LogP contribution >= 0.6 is 0 Å². The third kappa shape index (κ3) is 4.27. The molecule has 0 aromatic heterocycles. The number of hydrogen-bond donors (Lipinski definition) is 2. The molecule has 1 aliphatic carbocycles. The third-order valence-corrected chi connectivity index (χ3v) is 3.89. The van der Waals surface area contributed by atoms with Gasteiger partial charge in [0.25, 0.3) is 0 Å². The molecule has 19 heavy (non-hydrogen) atoms. The zero-order valence-electron chi connectivity index (χ0n) is 12.1. The van der Waals surface area contributed by atoms with Gasteiger partial charge in [-0.05, 0) is 49.3 Å². The van der Waals surface area contributed by atoms with E-state index in [-0.39, 0.29) is 5.91 Å². The van der Waals surface area contributed by atoms with Crippen molar-refractivity contribution < 1.29 is 4.79 Å². The maximum Gasteiger partial charge on any atom is 0.221 e. The van der Waals surface area contributed by atoms with Crippen LogP contribution in [0.1, 0.15) is 46.5 Å². The van der Waals surface area contributed by atoms with Crippen LogP contribution < -0.4 is 10.6 Å². The highest BCUT2D eigenvalue weighted by Crippen LogP contribution is 2.36. The van der Waals surface area contributed by atoms with Crippen LogP contribution in [0.25, 0.3) is 0 Å². The van der Waals surface area contributed by atoms with Gasteiger partial charge in [0.05, 0.1) is 0 Å². The van der Waals surface area contributed by atoms with Crippen molar-refractivity contribution in [2.24, 2.45) is 5.41 Å². The highest BCUT2D eigenvalue weighted by Gasteiger charge is 2.26. The smallest absolute Gasteiger partial charge is 0.221 e. The van der Waals surface area contributed by atoms with Crippen molar-refractivity contribution >= 4 is 17.3 Å². The molecule has 3 nitrogen and oxygen atoms in total. The number of rotatable bonds is 3. The Balaban J connectivity index is 1.94. The molecule has 0 aliphatic heterocycles. The molecule has 2 N–H and O–H groups in total. The molecule has 0 bridgehead atoms. The van der Waals surface area contributed by atoms with E-state index in [0.717, 1.165) is 11.4 Å². The lowest BCUT2D eigenvalue weighted by Crippen LogP contribution is -2.29. The first kappa shape index (κ1) is 13.9. The average Bonchev–Trinajstić information content (AvgIpc) is 2.32. The molecule has 0 saturated heterocycles. The number of amides is 1. The van der Waals surface area contributed by atoms with Crippen LogP contribution in [0.5, 0.6) is 0 Å². The monoisotopic (exact) mass is 260 g/mol. The van der Waals surface area contributed by atoms with Crippen molar-refractivity contribution in [3.05, 3.63) is 24.3 Å². The lowest BCUT2D eigenvalue weighted by atomic mass is 9.75. The molecule has 1 fully saturated rings. The minimum absolute atomic E-state index is 0.0310. The van der Waals surface area contributed by atoms with Gasteiger partial charge in [0.1, 0.15) is 0 Å². The van der Waals surface area contributed by atoms with E-state index in [0.29, 0.717) is 11.5 Å². The molecule has 1 aromatic carbocycles. The van der Waals surface area contributed by atoms with E-state index in [4.69, 9.17) is 0 Å². The summed E-state index contributed by atoms with van der Waals surface area (Å²) in [6.45, 7) is 6.23. The Morgan fingerprint density at radius 2 is 1.84 bits per heavy atom. The number of carbonyl (C=O) groups excluding carboxylic acids is 1. The molecule has 1 saturated carbocycles. The van der Waals surface area contributed by atoms with Gasteiger partial charge in [0.2, 0.25) is 5.91 Å². The molecule has 0 atom stereocenters. The predicted molar refractivity (Wildman–Crippen MR) is 80.4 cm³/mol. The summed E-state index contributed by atoms with van der Waals surface area (Å²) in [5.41, 5.74) is 2.44. The minimum atomic E-state index is -0.0310. The van der Waals surface area contributed by atoms with Crippen LogP contribution in [0, 0.1) is 5.41 Å². The van der Waals surface area contributed by atoms with Crippen molar-refractivity contribution in [3.63, 3.8) is 0 Å². The van der Waals surface area contributed by atoms with Gasteiger partial charge in [0, 0.05) is 24.3 Å². The molecule has 104 valence electrons. The molecule has 1 aliphatic rings. The zero-order valence-corrected chi connectivity index (χ0v) is 12.1. The number of anilines is 2. The van der Waals surface area contributed by atoms with E-state index in [1.54, 1.807) is 0 Å². The van der Waals surface area contributed by atoms with Gasteiger partial charge in [-0.1, -0.05) is 19.9 Å². The highest BCUT2D eigenvalue weighted by atomic mass is 16.1. The van der Waals surface area contributed by atoms with Gasteiger partial charge in [-0.3, -0.25) is 4.79 Å². The Kier molecular flexibility index (Phi) is 4.13. The topological polar surface area (TPSA) is 41.1 Å². The summed E-state index contributed by atoms with van der Waals surface area (Å²) in [7, 11) is 0. The molecule has 1 amide bonds. The Bertz CT molecular complexity index is 444. The molecule has 2 rings (SSSR count). The molecule has 0 unspecified atom stereocenters. The van der Waals surface area contributed by atoms with Crippen molar-refractivity contribution in [2.45, 2.75) is 52.5 Å². The normalized spacial score (nSPS) is 18.9. The van der Waals surface area contributed by atoms with Crippen molar-refractivity contribution in [1.82, 2.24) is 0 Å². The second-order valence-corrected chi connectivity index (χ2v) is 6.34. The lowest BCUT2D eigenvalue weighted by Gasteiger charge is -2.35. The van der Waals surface area contributed by atoms with Gasteiger partial charge >= 0.3 is 0 Å². The largest absolute Gasteiger partial charge is 0.382 e. The average molecular weight is 260 g/mol. The summed E-state index contributed by atoms with van der Waals surface area (Å²) in [6, 6.07) is 8.50. The van der Waals surface area contributed by atoms with Crippen molar-refractivity contribution in [1.29, 1.82) is 0 Å². The maximum atomic E-state index is 11.1. The first-order valence-corrected chi connectivity index (χ1v) is 7.09. The fourth-order valence-electron chi connectivity index (χ4n) is 2.67. The van der Waals surface area contributed by atoms with E-state index in [1.807, 2.05) is 18.2 Å². The molecular weight excluding hydrogens is 236 g/mol. The fraction of sp³-hybridized carbons (Fsp3) is 0.562. The second-order valence-electron chi connectivity index (χ2n) is 6.34. The fourth-order valence-corrected chi connectivity index (χ4v) is 2.67. The van der Waals surface area contributed by atoms with Crippen LogP contribution in [-0.2, 0) is 4.79 Å². The minimum Gasteiger partial charge on any atom is -0.382 e. The van der Waals surface area contributed by atoms with Gasteiger partial charge in [-0.15, -0.1) is 0 Å². The van der Waals surface area contributed by atoms with Crippen molar-refractivity contribution in [3.8, 4) is 0 Å². The maximum absolute atomic E-state index is 11.1. The summed E-state index contributed by atoms with van der Waals surface area (Å²) in [6.07, 6.45) is 4.99. The number of hydrogen-bond acceptors (Lipinski definition) is 2. The Hall–Kier alpha value is -1.51. The second kappa shape index (κ2) is 5.64. The Morgan fingerprint density at radius 3 is 2.47 bits per heavy atom. The molecule has 3 heteroatoms. The molecule has 1 aromatic rings. The van der Waals surface area contributed by atoms with E-state index in [2.05, 4.69) is 30.5 Å². The SMILES string of the molecule is CC(=O)Nc1cccc(NC2CCC(C)(C)CC2)c1. The molecule has 0 radical (unpaired) electrons. The van der Waals surface area contributed by atoms with Crippen LogP contribution in [0.4, 0.5) is 11.4 Å². The van der Waals surface area contributed by atoms with E-state index in [9.17, 15) is 4.79 Å². The van der Waals surface area contributed by atoms with Crippen LogP contribution in [0.3, 0.4) is 0 Å². The zero-order chi connectivity index (χ0) is 13.9. The van der Waals surface area contributed by atoms with Crippen molar-refractivity contribution in [2.75, 3.05) is 10.6 Å². The lowest BCUT2D eigenvalue weighted by molar-refractivity contribution is -0.114. The quantitative estimate of drug-likeness (QED) is 0.861. The van der Waals surface area contributed by atoms with E-state index < -0.39 is 0 Å². The van der Waals surface area contributed by atoms with Gasteiger partial charge < -0.3 is 10.6 Å². The van der Waals surface area contributed by atoms with Crippen LogP contribution in [0.2, 0.25) is 0 Å². The highest BCUT2D eigenvalue weighted by molar-refractivity contribution is 5.89. The predicted octanol–water partition coefficient (Wildman–Crippen LogP) is 4.03. The van der Waals surface area contributed by atoms with Gasteiger partial charge in [-0.25, -0.2) is 0 Å². The van der Waals surface area contributed by atoms with E-state index in [1.165, 1.54) is 32.6 Å². The number of nitrogens with one attached hydrogen (secondary N) is 2. The summed E-state index contributed by atoms with van der Waals surface area (Å²) in [5, 5.41) is 6.40. The molecular formula is C16H24N2O. The summed E-state index contributed by atoms with van der Waals surface area (Å²) < 4.78 is 0. The van der Waals surface area contributed by atoms with Crippen LogP contribution in [0.15, 0.2) is 24.3 Å². The first-order chi connectivity index (χ1) is 8.94. The van der Waals surface area contributed by atoms with E-state index >= 15 is 0 Å². The summed E-state index contributed by atoms with van der Waals surface area (Å²) in [5.74, 6) is -0.0310. The third-order valence-electron chi connectivity index (χ3n) is 3.89. The van der Waals surface area contributed by atoms with Gasteiger partial charge in [0.15, 0.2) is 0 Å². The molecule has 0 spiro atoms. The summed E-state index contributed by atoms with van der Waals surface area (Å²) in [4.78, 5) is 11.1. The first-order valence-electron chi connectivity index (χ1n) is 7.09. The number of benzene rings is 1. The Morgan fingerprint density at radius 1 is 1.21 bits per heavy atom. The van der Waals surface area contributed by atoms with Gasteiger partial charge in [-0.2, -0.15) is 0 Å². The summed E-state index contributed by atoms with van der Waals surface area (Å²) >= 11 is 0. The molecule has 0 heterocycles. The standard InChI is InChI=1S/C16H24N2O/c1-12(19)17-14-5-4-6-15(11-14)18-13-7-9-16(2,3)10-8-13/h4-6,11,13,18H,7-10H2,1-3H3,(H,17,19). The number of carbonyl (C=O) groups is 1. The Labute approximate surface area is 115 Å². The van der Waals surface area contributed by atoms with Crippen LogP contribution in [-0.4, -0.2) is 11.9 Å².